The van der Waals surface area contributed by atoms with E-state index in [2.05, 4.69) is 0 Å². The molecule has 1 spiro atoms. The van der Waals surface area contributed by atoms with E-state index in [1.807, 2.05) is 29.7 Å². The van der Waals surface area contributed by atoms with Gasteiger partial charge >= 0.3 is 0 Å². The zero-order valence-electron chi connectivity index (χ0n) is 17.2. The topological polar surface area (TPSA) is 49.9 Å². The third-order valence-electron chi connectivity index (χ3n) is 6.40. The Bertz CT molecular complexity index is 734. The number of ether oxygens (including phenoxy) is 1. The number of carbonyl (C=O) groups is 2. The number of benzene rings is 1. The molecule has 2 aliphatic heterocycles. The lowest BCUT2D eigenvalue weighted by molar-refractivity contribution is -0.161. The Kier molecular flexibility index (Phi) is 6.38. The predicted molar refractivity (Wildman–Crippen MR) is 105 cm³/mol. The molecular weight excluding hydrogens is 359 g/mol. The van der Waals surface area contributed by atoms with E-state index < -0.39 is 5.41 Å². The van der Waals surface area contributed by atoms with E-state index in [1.54, 1.807) is 13.0 Å². The van der Waals surface area contributed by atoms with Crippen molar-refractivity contribution in [2.75, 3.05) is 26.3 Å². The number of rotatable bonds is 5. The maximum Gasteiger partial charge on any atom is 0.248 e. The summed E-state index contributed by atoms with van der Waals surface area (Å²) in [6.07, 6.45) is 3.37. The summed E-state index contributed by atoms with van der Waals surface area (Å²) in [6.45, 7) is 8.06. The lowest BCUT2D eigenvalue weighted by Gasteiger charge is -2.51. The van der Waals surface area contributed by atoms with Crippen LogP contribution < -0.4 is 0 Å². The largest absolute Gasteiger partial charge is 0.372 e. The van der Waals surface area contributed by atoms with Gasteiger partial charge in [0.05, 0.1) is 5.41 Å². The van der Waals surface area contributed by atoms with Gasteiger partial charge in [0.25, 0.3) is 0 Å². The minimum absolute atomic E-state index is 0.0347. The maximum absolute atomic E-state index is 13.6. The molecule has 0 bridgehead atoms. The van der Waals surface area contributed by atoms with Crippen molar-refractivity contribution in [3.05, 3.63) is 35.1 Å². The Morgan fingerprint density at radius 1 is 1.29 bits per heavy atom. The van der Waals surface area contributed by atoms with Crippen LogP contribution in [0.1, 0.15) is 50.7 Å². The van der Waals surface area contributed by atoms with E-state index in [1.165, 1.54) is 6.07 Å². The second kappa shape index (κ2) is 8.60. The van der Waals surface area contributed by atoms with Crippen molar-refractivity contribution in [3.63, 3.8) is 0 Å². The van der Waals surface area contributed by atoms with Gasteiger partial charge in [-0.3, -0.25) is 9.59 Å². The molecule has 2 amide bonds. The number of likely N-dealkylation sites (tertiary alicyclic amines) is 2. The molecule has 0 unspecified atom stereocenters. The minimum atomic E-state index is -0.520. The van der Waals surface area contributed by atoms with Crippen LogP contribution in [0.4, 0.5) is 4.39 Å². The summed E-state index contributed by atoms with van der Waals surface area (Å²) in [5.41, 5.74) is 1.01. The zero-order valence-corrected chi connectivity index (χ0v) is 17.2. The lowest BCUT2D eigenvalue weighted by Crippen LogP contribution is -2.62. The summed E-state index contributed by atoms with van der Waals surface area (Å²) in [7, 11) is 0. The zero-order chi connectivity index (χ0) is 20.3. The number of carbonyl (C=O) groups excluding carboxylic acids is 2. The molecule has 0 N–H and O–H groups in total. The first-order valence-corrected chi connectivity index (χ1v) is 10.3. The predicted octanol–water partition coefficient (Wildman–Crippen LogP) is 3.29. The molecule has 0 saturated carbocycles. The number of nitrogens with zero attached hydrogens (tertiary/aromatic N) is 2. The lowest BCUT2D eigenvalue weighted by atomic mass is 9.67. The highest BCUT2D eigenvalue weighted by Crippen LogP contribution is 2.44. The fourth-order valence-corrected chi connectivity index (χ4v) is 4.78. The molecule has 28 heavy (non-hydrogen) atoms. The van der Waals surface area contributed by atoms with Gasteiger partial charge in [-0.25, -0.2) is 4.39 Å². The summed E-state index contributed by atoms with van der Waals surface area (Å²) < 4.78 is 18.9. The molecular formula is C22H31FN2O3. The van der Waals surface area contributed by atoms with Crippen molar-refractivity contribution >= 4 is 11.8 Å². The molecule has 5 nitrogen and oxygen atoms in total. The average Bonchev–Trinajstić information content (AvgIpc) is 2.68. The van der Waals surface area contributed by atoms with Crippen LogP contribution >= 0.6 is 0 Å². The van der Waals surface area contributed by atoms with Gasteiger partial charge in [-0.15, -0.1) is 0 Å². The highest BCUT2D eigenvalue weighted by molar-refractivity contribution is 5.86. The van der Waals surface area contributed by atoms with E-state index in [-0.39, 0.29) is 30.3 Å². The average molecular weight is 390 g/mol. The Morgan fingerprint density at radius 3 is 2.68 bits per heavy atom. The van der Waals surface area contributed by atoms with Crippen LogP contribution in [0.5, 0.6) is 0 Å². The maximum atomic E-state index is 13.6. The Balaban J connectivity index is 1.77. The molecule has 6 heteroatoms. The summed E-state index contributed by atoms with van der Waals surface area (Å²) in [5, 5.41) is 0. The van der Waals surface area contributed by atoms with Crippen LogP contribution in [0, 0.1) is 18.2 Å². The van der Waals surface area contributed by atoms with Crippen LogP contribution in [0.2, 0.25) is 0 Å². The molecule has 2 saturated heterocycles. The van der Waals surface area contributed by atoms with E-state index in [0.717, 1.165) is 31.2 Å². The first-order valence-electron chi connectivity index (χ1n) is 10.3. The Hall–Kier alpha value is -1.95. The molecule has 3 rings (SSSR count). The number of piperidine rings is 2. The number of amides is 2. The summed E-state index contributed by atoms with van der Waals surface area (Å²) in [4.78, 5) is 29.8. The second-order valence-electron chi connectivity index (χ2n) is 8.07. The summed E-state index contributed by atoms with van der Waals surface area (Å²) in [5.74, 6) is -0.135. The number of hydrogen-bond acceptors (Lipinski definition) is 3. The van der Waals surface area contributed by atoms with Gasteiger partial charge < -0.3 is 14.5 Å². The van der Waals surface area contributed by atoms with Crippen LogP contribution in [0.25, 0.3) is 0 Å². The molecule has 2 aliphatic rings. The van der Waals surface area contributed by atoms with Crippen molar-refractivity contribution in [2.24, 2.45) is 5.41 Å². The molecule has 1 aromatic carbocycles. The van der Waals surface area contributed by atoms with E-state index >= 15 is 0 Å². The van der Waals surface area contributed by atoms with Gasteiger partial charge in [0.15, 0.2) is 0 Å². The van der Waals surface area contributed by atoms with Crippen molar-refractivity contribution < 1.29 is 18.7 Å². The fraction of sp³-hybridized carbons (Fsp3) is 0.636. The standard InChI is InChI=1S/C22H31FN2O3/c1-4-28-15-20(26)25-12-6-10-22(17(25)3)9-5-11-24(21(22)27)14-18-7-8-19(23)16(2)13-18/h7-8,13,17H,4-6,9-12,14-15H2,1-3H3/t17-,22+/m1/s1. The number of aryl methyl sites for hydroxylation is 1. The van der Waals surface area contributed by atoms with Gasteiger partial charge in [-0.05, 0) is 63.6 Å². The molecule has 1 aromatic rings. The van der Waals surface area contributed by atoms with Crippen molar-refractivity contribution in [1.82, 2.24) is 9.80 Å². The third-order valence-corrected chi connectivity index (χ3v) is 6.40. The summed E-state index contributed by atoms with van der Waals surface area (Å²) >= 11 is 0. The van der Waals surface area contributed by atoms with Crippen molar-refractivity contribution in [3.8, 4) is 0 Å². The SMILES string of the molecule is CCOCC(=O)N1CCC[C@@]2(CCCN(Cc3ccc(F)c(C)c3)C2=O)[C@H]1C. The number of halogens is 1. The highest BCUT2D eigenvalue weighted by Gasteiger charge is 2.52. The van der Waals surface area contributed by atoms with Crippen LogP contribution in [0.3, 0.4) is 0 Å². The fourth-order valence-electron chi connectivity index (χ4n) is 4.78. The van der Waals surface area contributed by atoms with Gasteiger partial charge in [0, 0.05) is 32.3 Å². The first kappa shape index (κ1) is 20.8. The third kappa shape index (κ3) is 3.93. The first-order chi connectivity index (χ1) is 13.4. The van der Waals surface area contributed by atoms with E-state index in [9.17, 15) is 14.0 Å². The second-order valence-corrected chi connectivity index (χ2v) is 8.07. The molecule has 2 atom stereocenters. The molecule has 0 radical (unpaired) electrons. The van der Waals surface area contributed by atoms with Gasteiger partial charge in [-0.2, -0.15) is 0 Å². The molecule has 2 fully saturated rings. The quantitative estimate of drug-likeness (QED) is 0.775. The summed E-state index contributed by atoms with van der Waals surface area (Å²) in [6, 6.07) is 4.89. The smallest absolute Gasteiger partial charge is 0.248 e. The van der Waals surface area contributed by atoms with E-state index in [4.69, 9.17) is 4.74 Å². The number of hydrogen-bond donors (Lipinski definition) is 0. The van der Waals surface area contributed by atoms with Crippen molar-refractivity contribution in [1.29, 1.82) is 0 Å². The van der Waals surface area contributed by atoms with Crippen LogP contribution in [-0.4, -0.2) is 54.0 Å². The monoisotopic (exact) mass is 390 g/mol. The Labute approximate surface area is 166 Å². The van der Waals surface area contributed by atoms with Crippen molar-refractivity contribution in [2.45, 2.75) is 59.0 Å². The molecule has 154 valence electrons. The molecule has 0 aromatic heterocycles. The van der Waals surface area contributed by atoms with Gasteiger partial charge in [0.2, 0.25) is 11.8 Å². The van der Waals surface area contributed by atoms with Crippen LogP contribution in [0.15, 0.2) is 18.2 Å². The van der Waals surface area contributed by atoms with Gasteiger partial charge in [0.1, 0.15) is 12.4 Å². The molecule has 0 aliphatic carbocycles. The van der Waals surface area contributed by atoms with Crippen LogP contribution in [-0.2, 0) is 20.9 Å². The van der Waals surface area contributed by atoms with E-state index in [0.29, 0.717) is 31.8 Å². The highest BCUT2D eigenvalue weighted by atomic mass is 19.1. The molecule has 2 heterocycles. The minimum Gasteiger partial charge on any atom is -0.372 e. The Morgan fingerprint density at radius 2 is 2.00 bits per heavy atom. The normalized spacial score (nSPS) is 25.4. The van der Waals surface area contributed by atoms with Gasteiger partial charge in [-0.1, -0.05) is 12.1 Å².